The first kappa shape index (κ1) is 17.2. The average Bonchev–Trinajstić information content (AvgIpc) is 2.49. The minimum atomic E-state index is -1.000. The fourth-order valence-corrected chi connectivity index (χ4v) is 2.12. The summed E-state index contributed by atoms with van der Waals surface area (Å²) in [5.74, 6) is -1.14. The Morgan fingerprint density at radius 2 is 1.95 bits per heavy atom. The van der Waals surface area contributed by atoms with Crippen LogP contribution in [0.1, 0.15) is 31.7 Å². The third-order valence-corrected chi connectivity index (χ3v) is 3.58. The number of hydrogen-bond acceptors (Lipinski definition) is 3. The zero-order chi connectivity index (χ0) is 15.7. The summed E-state index contributed by atoms with van der Waals surface area (Å²) >= 11 is 0. The molecule has 1 rings (SSSR count). The lowest BCUT2D eigenvalue weighted by atomic mass is 10.0. The average molecular weight is 292 g/mol. The molecule has 0 radical (unpaired) electrons. The van der Waals surface area contributed by atoms with Gasteiger partial charge in [0.15, 0.2) is 0 Å². The largest absolute Gasteiger partial charge is 0.480 e. The van der Waals surface area contributed by atoms with E-state index in [-0.39, 0.29) is 18.2 Å². The molecule has 0 aliphatic heterocycles. The number of amides is 1. The van der Waals surface area contributed by atoms with Crippen molar-refractivity contribution in [2.75, 3.05) is 6.54 Å². The van der Waals surface area contributed by atoms with E-state index < -0.39 is 12.0 Å². The Hall–Kier alpha value is -1.88. The fraction of sp³-hybridized carbons (Fsp3) is 0.500. The topological polar surface area (TPSA) is 92.4 Å². The molecule has 0 heterocycles. The molecule has 5 heteroatoms. The molecule has 0 spiro atoms. The number of carboxylic acids is 1. The SMILES string of the molecule is CCC(CN)CC(=O)N[C@@H](CCc1ccccc1)C(=O)O. The first-order valence-corrected chi connectivity index (χ1v) is 7.33. The third kappa shape index (κ3) is 6.40. The van der Waals surface area contributed by atoms with Crippen molar-refractivity contribution in [3.8, 4) is 0 Å². The Labute approximate surface area is 125 Å². The number of aryl methyl sites for hydroxylation is 1. The van der Waals surface area contributed by atoms with Crippen molar-refractivity contribution < 1.29 is 14.7 Å². The quantitative estimate of drug-likeness (QED) is 0.644. The van der Waals surface area contributed by atoms with E-state index in [0.29, 0.717) is 19.4 Å². The molecule has 4 N–H and O–H groups in total. The maximum atomic E-state index is 11.9. The Kier molecular flexibility index (Phi) is 7.46. The molecule has 5 nitrogen and oxygen atoms in total. The maximum absolute atomic E-state index is 11.9. The van der Waals surface area contributed by atoms with Crippen LogP contribution in [0, 0.1) is 5.92 Å². The van der Waals surface area contributed by atoms with Gasteiger partial charge in [0.2, 0.25) is 5.91 Å². The minimum absolute atomic E-state index is 0.105. The van der Waals surface area contributed by atoms with E-state index in [1.54, 1.807) is 0 Å². The minimum Gasteiger partial charge on any atom is -0.480 e. The highest BCUT2D eigenvalue weighted by atomic mass is 16.4. The lowest BCUT2D eigenvalue weighted by Crippen LogP contribution is -2.42. The predicted molar refractivity (Wildman–Crippen MR) is 81.8 cm³/mol. The van der Waals surface area contributed by atoms with Crippen molar-refractivity contribution in [3.05, 3.63) is 35.9 Å². The summed E-state index contributed by atoms with van der Waals surface area (Å²) in [5, 5.41) is 11.8. The Morgan fingerprint density at radius 3 is 2.48 bits per heavy atom. The van der Waals surface area contributed by atoms with Crippen LogP contribution in [0.25, 0.3) is 0 Å². The highest BCUT2D eigenvalue weighted by molar-refractivity contribution is 5.83. The van der Waals surface area contributed by atoms with Gasteiger partial charge in [0.25, 0.3) is 0 Å². The monoisotopic (exact) mass is 292 g/mol. The van der Waals surface area contributed by atoms with Crippen molar-refractivity contribution in [1.29, 1.82) is 0 Å². The smallest absolute Gasteiger partial charge is 0.326 e. The van der Waals surface area contributed by atoms with Gasteiger partial charge in [0, 0.05) is 6.42 Å². The molecule has 1 aromatic rings. The van der Waals surface area contributed by atoms with Gasteiger partial charge in [-0.25, -0.2) is 4.79 Å². The number of rotatable bonds is 9. The van der Waals surface area contributed by atoms with E-state index in [1.165, 1.54) is 0 Å². The molecule has 0 saturated carbocycles. The molecule has 0 fully saturated rings. The molecule has 0 aliphatic carbocycles. The van der Waals surface area contributed by atoms with Gasteiger partial charge >= 0.3 is 5.97 Å². The van der Waals surface area contributed by atoms with Crippen LogP contribution in [0.15, 0.2) is 30.3 Å². The van der Waals surface area contributed by atoms with E-state index in [4.69, 9.17) is 5.73 Å². The van der Waals surface area contributed by atoms with Crippen LogP contribution in [0.2, 0.25) is 0 Å². The Bertz CT molecular complexity index is 444. The number of carboxylic acid groups (broad SMARTS) is 1. The number of carbonyl (C=O) groups excluding carboxylic acids is 1. The molecule has 1 amide bonds. The lowest BCUT2D eigenvalue weighted by Gasteiger charge is -2.17. The van der Waals surface area contributed by atoms with Crippen LogP contribution in [0.3, 0.4) is 0 Å². The van der Waals surface area contributed by atoms with Crippen LogP contribution in [0.4, 0.5) is 0 Å². The zero-order valence-electron chi connectivity index (χ0n) is 12.4. The van der Waals surface area contributed by atoms with Crippen molar-refractivity contribution in [1.82, 2.24) is 5.32 Å². The van der Waals surface area contributed by atoms with Crippen LogP contribution < -0.4 is 11.1 Å². The molecular formula is C16H24N2O3. The second-order valence-corrected chi connectivity index (χ2v) is 5.20. The van der Waals surface area contributed by atoms with E-state index in [2.05, 4.69) is 5.32 Å². The summed E-state index contributed by atoms with van der Waals surface area (Å²) in [7, 11) is 0. The van der Waals surface area contributed by atoms with Crippen molar-refractivity contribution >= 4 is 11.9 Å². The van der Waals surface area contributed by atoms with Gasteiger partial charge in [-0.2, -0.15) is 0 Å². The number of nitrogens with two attached hydrogens (primary N) is 1. The van der Waals surface area contributed by atoms with Gasteiger partial charge in [-0.15, -0.1) is 0 Å². The molecule has 1 unspecified atom stereocenters. The molecule has 21 heavy (non-hydrogen) atoms. The first-order valence-electron chi connectivity index (χ1n) is 7.33. The number of benzene rings is 1. The van der Waals surface area contributed by atoms with E-state index in [0.717, 1.165) is 12.0 Å². The molecular weight excluding hydrogens is 268 g/mol. The van der Waals surface area contributed by atoms with Gasteiger partial charge in [0.1, 0.15) is 6.04 Å². The summed E-state index contributed by atoms with van der Waals surface area (Å²) in [4.78, 5) is 23.1. The Balaban J connectivity index is 2.50. The number of carbonyl (C=O) groups is 2. The molecule has 0 bridgehead atoms. The van der Waals surface area contributed by atoms with Crippen molar-refractivity contribution in [3.63, 3.8) is 0 Å². The molecule has 2 atom stereocenters. The highest BCUT2D eigenvalue weighted by Gasteiger charge is 2.21. The number of aliphatic carboxylic acids is 1. The van der Waals surface area contributed by atoms with Crippen LogP contribution in [-0.4, -0.2) is 29.6 Å². The summed E-state index contributed by atoms with van der Waals surface area (Å²) in [6, 6.07) is 8.78. The normalized spacial score (nSPS) is 13.4. The number of hydrogen-bond donors (Lipinski definition) is 3. The predicted octanol–water partition coefficient (Wildman–Crippen LogP) is 1.56. The summed E-state index contributed by atoms with van der Waals surface area (Å²) in [6.45, 7) is 2.40. The van der Waals surface area contributed by atoms with E-state index >= 15 is 0 Å². The lowest BCUT2D eigenvalue weighted by molar-refractivity contribution is -0.142. The van der Waals surface area contributed by atoms with Gasteiger partial charge in [-0.05, 0) is 30.9 Å². The van der Waals surface area contributed by atoms with Gasteiger partial charge in [-0.1, -0.05) is 43.7 Å². The molecule has 0 aromatic heterocycles. The van der Waals surface area contributed by atoms with E-state index in [9.17, 15) is 14.7 Å². The van der Waals surface area contributed by atoms with E-state index in [1.807, 2.05) is 37.3 Å². The molecule has 1 aromatic carbocycles. The van der Waals surface area contributed by atoms with Crippen LogP contribution in [0.5, 0.6) is 0 Å². The molecule has 0 aliphatic rings. The molecule has 116 valence electrons. The van der Waals surface area contributed by atoms with Crippen molar-refractivity contribution in [2.45, 2.75) is 38.6 Å². The third-order valence-electron chi connectivity index (χ3n) is 3.58. The Morgan fingerprint density at radius 1 is 1.29 bits per heavy atom. The highest BCUT2D eigenvalue weighted by Crippen LogP contribution is 2.08. The van der Waals surface area contributed by atoms with Gasteiger partial charge in [-0.3, -0.25) is 4.79 Å². The zero-order valence-corrected chi connectivity index (χ0v) is 12.4. The second kappa shape index (κ2) is 9.13. The van der Waals surface area contributed by atoms with Gasteiger partial charge in [0.05, 0.1) is 0 Å². The second-order valence-electron chi connectivity index (χ2n) is 5.20. The van der Waals surface area contributed by atoms with Crippen molar-refractivity contribution in [2.24, 2.45) is 11.7 Å². The summed E-state index contributed by atoms with van der Waals surface area (Å²) in [6.07, 6.45) is 2.09. The number of nitrogens with one attached hydrogen (secondary N) is 1. The standard InChI is InChI=1S/C16H24N2O3/c1-2-12(11-17)10-15(19)18-14(16(20)21)9-8-13-6-4-3-5-7-13/h3-7,12,14H,2,8-11,17H2,1H3,(H,18,19)(H,20,21)/t12?,14-/m0/s1. The summed E-state index contributed by atoms with van der Waals surface area (Å²) in [5.41, 5.74) is 6.62. The maximum Gasteiger partial charge on any atom is 0.326 e. The van der Waals surface area contributed by atoms with Gasteiger partial charge < -0.3 is 16.2 Å². The first-order chi connectivity index (χ1) is 10.1. The fourth-order valence-electron chi connectivity index (χ4n) is 2.12. The van der Waals surface area contributed by atoms with Crippen LogP contribution >= 0.6 is 0 Å². The molecule has 0 saturated heterocycles. The summed E-state index contributed by atoms with van der Waals surface area (Å²) < 4.78 is 0. The van der Waals surface area contributed by atoms with Crippen LogP contribution in [-0.2, 0) is 16.0 Å².